The van der Waals surface area contributed by atoms with Crippen LogP contribution in [0.1, 0.15) is 16.7 Å². The Labute approximate surface area is 125 Å². The molecule has 1 unspecified atom stereocenters. The zero-order valence-electron chi connectivity index (χ0n) is 12.5. The van der Waals surface area contributed by atoms with E-state index in [1.165, 1.54) is 5.56 Å². The molecule has 0 radical (unpaired) electrons. The molecule has 0 saturated carbocycles. The van der Waals surface area contributed by atoms with Crippen LogP contribution < -0.4 is 10.1 Å². The molecular weight excluding hydrogens is 264 g/mol. The van der Waals surface area contributed by atoms with Crippen LogP contribution in [0.4, 0.5) is 0 Å². The fourth-order valence-corrected chi connectivity index (χ4v) is 2.09. The monoisotopic (exact) mass is 286 g/mol. The quantitative estimate of drug-likeness (QED) is 0.819. The molecule has 21 heavy (non-hydrogen) atoms. The zero-order valence-corrected chi connectivity index (χ0v) is 12.5. The average Bonchev–Trinajstić information content (AvgIpc) is 2.47. The third kappa shape index (κ3) is 5.17. The lowest BCUT2D eigenvalue weighted by atomic mass is 10.1. The highest BCUT2D eigenvalue weighted by molar-refractivity contribution is 5.35. The number of benzene rings is 1. The molecule has 4 heteroatoms. The Morgan fingerprint density at radius 2 is 1.95 bits per heavy atom. The van der Waals surface area contributed by atoms with E-state index in [2.05, 4.69) is 23.3 Å². The van der Waals surface area contributed by atoms with Crippen LogP contribution in [0.2, 0.25) is 0 Å². The van der Waals surface area contributed by atoms with Crippen LogP contribution in [0.25, 0.3) is 0 Å². The summed E-state index contributed by atoms with van der Waals surface area (Å²) >= 11 is 0. The molecule has 4 nitrogen and oxygen atoms in total. The number of nitrogens with zero attached hydrogens (tertiary/aromatic N) is 1. The molecule has 2 N–H and O–H groups in total. The largest absolute Gasteiger partial charge is 0.491 e. The van der Waals surface area contributed by atoms with E-state index in [0.29, 0.717) is 13.1 Å². The third-order valence-electron chi connectivity index (χ3n) is 3.22. The van der Waals surface area contributed by atoms with Gasteiger partial charge in [0, 0.05) is 25.5 Å². The molecule has 0 aliphatic rings. The number of aryl methyl sites for hydroxylation is 2. The van der Waals surface area contributed by atoms with Gasteiger partial charge in [0.1, 0.15) is 18.5 Å². The van der Waals surface area contributed by atoms with Crippen LogP contribution >= 0.6 is 0 Å². The van der Waals surface area contributed by atoms with Crippen LogP contribution in [0.15, 0.2) is 42.7 Å². The van der Waals surface area contributed by atoms with E-state index in [4.69, 9.17) is 4.74 Å². The molecule has 112 valence electrons. The first-order valence-corrected chi connectivity index (χ1v) is 7.13. The predicted octanol–water partition coefficient (Wildman–Crippen LogP) is 2.23. The van der Waals surface area contributed by atoms with E-state index in [0.717, 1.165) is 16.9 Å². The Morgan fingerprint density at radius 3 is 2.67 bits per heavy atom. The van der Waals surface area contributed by atoms with Crippen molar-refractivity contribution in [2.24, 2.45) is 0 Å². The highest BCUT2D eigenvalue weighted by atomic mass is 16.5. The van der Waals surface area contributed by atoms with Crippen molar-refractivity contribution in [3.05, 3.63) is 59.4 Å². The fraction of sp³-hybridized carbons (Fsp3) is 0.353. The first kappa shape index (κ1) is 15.5. The van der Waals surface area contributed by atoms with Gasteiger partial charge in [0.25, 0.3) is 0 Å². The summed E-state index contributed by atoms with van der Waals surface area (Å²) in [7, 11) is 0. The van der Waals surface area contributed by atoms with Crippen LogP contribution in [0.3, 0.4) is 0 Å². The van der Waals surface area contributed by atoms with Gasteiger partial charge in [-0.25, -0.2) is 0 Å². The lowest BCUT2D eigenvalue weighted by molar-refractivity contribution is 0.106. The standard InChI is InChI=1S/C17H22N2O2/c1-13-3-4-17(14(2)9-13)21-12-16(20)11-19-10-15-5-7-18-8-6-15/h3-9,16,19-20H,10-12H2,1-2H3. The van der Waals surface area contributed by atoms with E-state index >= 15 is 0 Å². The average molecular weight is 286 g/mol. The molecule has 1 atom stereocenters. The summed E-state index contributed by atoms with van der Waals surface area (Å²) in [4.78, 5) is 3.97. The highest BCUT2D eigenvalue weighted by Gasteiger charge is 2.06. The Balaban J connectivity index is 1.71. The summed E-state index contributed by atoms with van der Waals surface area (Å²) in [6.45, 7) is 5.55. The van der Waals surface area contributed by atoms with Gasteiger partial charge in [-0.3, -0.25) is 4.98 Å². The molecule has 2 aromatic rings. The molecule has 0 bridgehead atoms. The number of ether oxygens (including phenoxy) is 1. The lowest BCUT2D eigenvalue weighted by Crippen LogP contribution is -2.31. The molecular formula is C17H22N2O2. The predicted molar refractivity (Wildman–Crippen MR) is 83.4 cm³/mol. The van der Waals surface area contributed by atoms with Gasteiger partial charge in [0.05, 0.1) is 0 Å². The maximum Gasteiger partial charge on any atom is 0.122 e. The number of rotatable bonds is 7. The van der Waals surface area contributed by atoms with Crippen molar-refractivity contribution in [1.82, 2.24) is 10.3 Å². The topological polar surface area (TPSA) is 54.4 Å². The molecule has 0 saturated heterocycles. The molecule has 0 aliphatic heterocycles. The van der Waals surface area contributed by atoms with Crippen LogP contribution in [0.5, 0.6) is 5.75 Å². The second-order valence-electron chi connectivity index (χ2n) is 5.22. The van der Waals surface area contributed by atoms with Crippen molar-refractivity contribution in [3.63, 3.8) is 0 Å². The first-order valence-electron chi connectivity index (χ1n) is 7.13. The van der Waals surface area contributed by atoms with Crippen molar-refractivity contribution in [2.45, 2.75) is 26.5 Å². The Bertz CT molecular complexity index is 558. The van der Waals surface area contributed by atoms with E-state index in [1.807, 2.05) is 31.2 Å². The smallest absolute Gasteiger partial charge is 0.122 e. The zero-order chi connectivity index (χ0) is 15.1. The van der Waals surface area contributed by atoms with Gasteiger partial charge in [-0.2, -0.15) is 0 Å². The van der Waals surface area contributed by atoms with Gasteiger partial charge in [0.2, 0.25) is 0 Å². The number of aromatic nitrogens is 1. The molecule has 0 fully saturated rings. The SMILES string of the molecule is Cc1ccc(OCC(O)CNCc2ccncc2)c(C)c1. The first-order chi connectivity index (χ1) is 10.1. The minimum absolute atomic E-state index is 0.285. The second kappa shape index (κ2) is 7.76. The maximum atomic E-state index is 9.93. The molecule has 0 amide bonds. The minimum atomic E-state index is -0.535. The molecule has 1 aromatic carbocycles. The minimum Gasteiger partial charge on any atom is -0.491 e. The normalized spacial score (nSPS) is 12.1. The summed E-state index contributed by atoms with van der Waals surface area (Å²) in [6, 6.07) is 9.93. The van der Waals surface area contributed by atoms with E-state index in [1.54, 1.807) is 12.4 Å². The van der Waals surface area contributed by atoms with Crippen molar-refractivity contribution < 1.29 is 9.84 Å². The Kier molecular flexibility index (Phi) is 5.72. The van der Waals surface area contributed by atoms with Crippen LogP contribution in [-0.4, -0.2) is 29.3 Å². The highest BCUT2D eigenvalue weighted by Crippen LogP contribution is 2.18. The van der Waals surface area contributed by atoms with Crippen molar-refractivity contribution in [2.75, 3.05) is 13.2 Å². The summed E-state index contributed by atoms with van der Waals surface area (Å²) in [5.41, 5.74) is 3.44. The van der Waals surface area contributed by atoms with Crippen LogP contribution in [0, 0.1) is 13.8 Å². The number of aliphatic hydroxyl groups excluding tert-OH is 1. The third-order valence-corrected chi connectivity index (χ3v) is 3.22. The molecule has 2 rings (SSSR count). The Hall–Kier alpha value is -1.91. The summed E-state index contributed by atoms with van der Waals surface area (Å²) < 4.78 is 5.66. The number of pyridine rings is 1. The fourth-order valence-electron chi connectivity index (χ4n) is 2.09. The van der Waals surface area contributed by atoms with Crippen LogP contribution in [-0.2, 0) is 6.54 Å². The summed E-state index contributed by atoms with van der Waals surface area (Å²) in [5, 5.41) is 13.1. The number of nitrogens with one attached hydrogen (secondary N) is 1. The number of hydrogen-bond donors (Lipinski definition) is 2. The van der Waals surface area contributed by atoms with Crippen molar-refractivity contribution in [1.29, 1.82) is 0 Å². The van der Waals surface area contributed by atoms with E-state index in [9.17, 15) is 5.11 Å². The number of aliphatic hydroxyl groups is 1. The molecule has 1 heterocycles. The van der Waals surface area contributed by atoms with E-state index < -0.39 is 6.10 Å². The van der Waals surface area contributed by atoms with Crippen molar-refractivity contribution >= 4 is 0 Å². The Morgan fingerprint density at radius 1 is 1.19 bits per heavy atom. The van der Waals surface area contributed by atoms with Gasteiger partial charge in [-0.15, -0.1) is 0 Å². The summed E-state index contributed by atoms with van der Waals surface area (Å²) in [5.74, 6) is 0.828. The molecule has 1 aromatic heterocycles. The van der Waals surface area contributed by atoms with Gasteiger partial charge in [-0.05, 0) is 43.2 Å². The number of hydrogen-bond acceptors (Lipinski definition) is 4. The second-order valence-corrected chi connectivity index (χ2v) is 5.22. The van der Waals surface area contributed by atoms with Gasteiger partial charge in [0.15, 0.2) is 0 Å². The molecule has 0 aliphatic carbocycles. The van der Waals surface area contributed by atoms with Gasteiger partial charge < -0.3 is 15.2 Å². The summed E-state index contributed by atoms with van der Waals surface area (Å²) in [6.07, 6.45) is 2.99. The van der Waals surface area contributed by atoms with E-state index in [-0.39, 0.29) is 6.61 Å². The van der Waals surface area contributed by atoms with Crippen molar-refractivity contribution in [3.8, 4) is 5.75 Å². The molecule has 0 spiro atoms. The van der Waals surface area contributed by atoms with Gasteiger partial charge in [-0.1, -0.05) is 17.7 Å². The van der Waals surface area contributed by atoms with Gasteiger partial charge >= 0.3 is 0 Å². The maximum absolute atomic E-state index is 9.93. The lowest BCUT2D eigenvalue weighted by Gasteiger charge is -2.15.